The maximum atomic E-state index is 12.6. The van der Waals surface area contributed by atoms with Gasteiger partial charge >= 0.3 is 0 Å². The maximum Gasteiger partial charge on any atom is 0.173 e. The number of phenolic OH excluding ortho intramolecular Hbond substituents is 4. The Balaban J connectivity index is 1.90. The molecule has 3 aromatic carbocycles. The van der Waals surface area contributed by atoms with Crippen LogP contribution in [-0.4, -0.2) is 32.8 Å². The van der Waals surface area contributed by atoms with Crippen molar-refractivity contribution in [3.8, 4) is 28.7 Å². The maximum absolute atomic E-state index is 12.6. The van der Waals surface area contributed by atoms with E-state index in [2.05, 4.69) is 0 Å². The normalized spacial score (nSPS) is 13.0. The molecule has 0 aliphatic carbocycles. The van der Waals surface area contributed by atoms with Gasteiger partial charge in [-0.15, -0.1) is 0 Å². The lowest BCUT2D eigenvalue weighted by atomic mass is 9.89. The molecule has 154 valence electrons. The van der Waals surface area contributed by atoms with Gasteiger partial charge in [-0.1, -0.05) is 29.8 Å². The van der Waals surface area contributed by atoms with E-state index in [1.807, 2.05) is 0 Å². The van der Waals surface area contributed by atoms with Crippen molar-refractivity contribution in [2.45, 2.75) is 19.3 Å². The average molecular weight is 427 g/mol. The Hall–Kier alpha value is -3.38. The first-order valence-electron chi connectivity index (χ1n) is 9.36. The van der Waals surface area contributed by atoms with Crippen molar-refractivity contribution in [1.82, 2.24) is 0 Å². The highest BCUT2D eigenvalue weighted by Crippen LogP contribution is 2.47. The van der Waals surface area contributed by atoms with Crippen LogP contribution in [0.25, 0.3) is 0 Å². The fourth-order valence-electron chi connectivity index (χ4n) is 3.67. The summed E-state index contributed by atoms with van der Waals surface area (Å²) in [6.45, 7) is 0.132. The molecule has 0 atom stereocenters. The van der Waals surface area contributed by atoms with Gasteiger partial charge in [0.1, 0.15) is 34.3 Å². The van der Waals surface area contributed by atoms with Gasteiger partial charge in [-0.2, -0.15) is 0 Å². The van der Waals surface area contributed by atoms with E-state index in [4.69, 9.17) is 16.3 Å². The van der Waals surface area contributed by atoms with E-state index in [1.54, 1.807) is 18.2 Å². The van der Waals surface area contributed by atoms with Crippen LogP contribution in [-0.2, 0) is 12.8 Å². The molecule has 0 radical (unpaired) electrons. The Morgan fingerprint density at radius 2 is 1.57 bits per heavy atom. The number of hydrogen-bond acceptors (Lipinski definition) is 6. The van der Waals surface area contributed by atoms with Crippen molar-refractivity contribution in [3.63, 3.8) is 0 Å². The second-order valence-electron chi connectivity index (χ2n) is 7.14. The summed E-state index contributed by atoms with van der Waals surface area (Å²) in [5.41, 5.74) is 1.27. The molecule has 0 saturated heterocycles. The van der Waals surface area contributed by atoms with Crippen molar-refractivity contribution in [3.05, 3.63) is 75.3 Å². The van der Waals surface area contributed by atoms with Crippen LogP contribution in [0.2, 0.25) is 5.02 Å². The fourth-order valence-corrected chi connectivity index (χ4v) is 3.86. The Morgan fingerprint density at radius 3 is 2.33 bits per heavy atom. The van der Waals surface area contributed by atoms with Gasteiger partial charge in [-0.3, -0.25) is 4.79 Å². The van der Waals surface area contributed by atoms with Gasteiger partial charge in [-0.25, -0.2) is 0 Å². The van der Waals surface area contributed by atoms with Crippen LogP contribution in [0.3, 0.4) is 0 Å². The fraction of sp³-hybridized carbons (Fsp3) is 0.174. The van der Waals surface area contributed by atoms with Crippen molar-refractivity contribution in [2.24, 2.45) is 0 Å². The predicted octanol–water partition coefficient (Wildman–Crippen LogP) is 4.31. The summed E-state index contributed by atoms with van der Waals surface area (Å²) in [6.07, 6.45) is 0.130. The van der Waals surface area contributed by atoms with Crippen molar-refractivity contribution < 1.29 is 30.0 Å². The van der Waals surface area contributed by atoms with Crippen LogP contribution >= 0.6 is 11.6 Å². The van der Waals surface area contributed by atoms with Gasteiger partial charge in [-0.05, 0) is 35.4 Å². The standard InChI is InChI=1S/C23H19ClO6/c24-14-5-6-18(26)13(9-14)11-15-21(28)16(10-12-3-1-2-4-17(12)25)23-20(22(15)29)19(27)7-8-30-23/h1-6,9,25-26,28-29H,7-8,10-11H2. The summed E-state index contributed by atoms with van der Waals surface area (Å²) in [6, 6.07) is 11.1. The number of carbonyl (C=O) groups is 1. The second-order valence-corrected chi connectivity index (χ2v) is 7.57. The van der Waals surface area contributed by atoms with Crippen LogP contribution in [0.1, 0.15) is 39.0 Å². The molecule has 0 unspecified atom stereocenters. The average Bonchev–Trinajstić information content (AvgIpc) is 2.72. The van der Waals surface area contributed by atoms with Crippen LogP contribution < -0.4 is 4.74 Å². The number of halogens is 1. The van der Waals surface area contributed by atoms with Gasteiger partial charge in [0.05, 0.1) is 6.61 Å². The third kappa shape index (κ3) is 3.50. The topological polar surface area (TPSA) is 107 Å². The highest BCUT2D eigenvalue weighted by molar-refractivity contribution is 6.30. The van der Waals surface area contributed by atoms with E-state index in [-0.39, 0.29) is 77.1 Å². The summed E-state index contributed by atoms with van der Waals surface area (Å²) < 4.78 is 5.65. The first-order valence-corrected chi connectivity index (χ1v) is 9.74. The zero-order valence-corrected chi connectivity index (χ0v) is 16.6. The van der Waals surface area contributed by atoms with E-state index in [0.717, 1.165) is 0 Å². The summed E-state index contributed by atoms with van der Waals surface area (Å²) in [5, 5.41) is 42.6. The molecular formula is C23H19ClO6. The zero-order chi connectivity index (χ0) is 21.4. The molecule has 1 aliphatic rings. The molecule has 0 saturated carbocycles. The van der Waals surface area contributed by atoms with Crippen LogP contribution in [0.15, 0.2) is 42.5 Å². The molecular weight excluding hydrogens is 408 g/mol. The van der Waals surface area contributed by atoms with E-state index in [1.165, 1.54) is 24.3 Å². The molecule has 0 fully saturated rings. The highest BCUT2D eigenvalue weighted by Gasteiger charge is 2.32. The summed E-state index contributed by atoms with van der Waals surface area (Å²) in [7, 11) is 0. The Morgan fingerprint density at radius 1 is 0.867 bits per heavy atom. The number of phenols is 4. The van der Waals surface area contributed by atoms with Crippen LogP contribution in [0.5, 0.6) is 28.7 Å². The number of Topliss-reactive ketones (excluding diaryl/α,β-unsaturated/α-hetero) is 1. The van der Waals surface area contributed by atoms with Gasteiger partial charge in [0.15, 0.2) is 5.78 Å². The first-order chi connectivity index (χ1) is 14.4. The first kappa shape index (κ1) is 19.9. The molecule has 7 heteroatoms. The minimum Gasteiger partial charge on any atom is -0.508 e. The molecule has 0 aromatic heterocycles. The quantitative estimate of drug-likeness (QED) is 0.495. The predicted molar refractivity (Wildman–Crippen MR) is 111 cm³/mol. The highest BCUT2D eigenvalue weighted by atomic mass is 35.5. The summed E-state index contributed by atoms with van der Waals surface area (Å²) in [4.78, 5) is 12.6. The number of benzene rings is 3. The smallest absolute Gasteiger partial charge is 0.173 e. The number of fused-ring (bicyclic) bond motifs is 1. The number of para-hydroxylation sites is 1. The molecule has 4 N–H and O–H groups in total. The molecule has 4 rings (SSSR count). The summed E-state index contributed by atoms with van der Waals surface area (Å²) in [5.74, 6) is -0.848. The lowest BCUT2D eigenvalue weighted by molar-refractivity contribution is 0.0928. The third-order valence-corrected chi connectivity index (χ3v) is 5.45. The summed E-state index contributed by atoms with van der Waals surface area (Å²) >= 11 is 6.02. The second kappa shape index (κ2) is 7.80. The third-order valence-electron chi connectivity index (χ3n) is 5.22. The van der Waals surface area contributed by atoms with E-state index < -0.39 is 0 Å². The SMILES string of the molecule is O=C1CCOc2c(Cc3ccccc3O)c(O)c(Cc3cc(Cl)ccc3O)c(O)c21. The number of rotatable bonds is 4. The van der Waals surface area contributed by atoms with E-state index in [9.17, 15) is 25.2 Å². The lowest BCUT2D eigenvalue weighted by Crippen LogP contribution is -2.18. The zero-order valence-electron chi connectivity index (χ0n) is 15.9. The number of ketones is 1. The number of carbonyl (C=O) groups excluding carboxylic acids is 1. The number of ether oxygens (including phenoxy) is 1. The van der Waals surface area contributed by atoms with Gasteiger partial charge < -0.3 is 25.2 Å². The van der Waals surface area contributed by atoms with E-state index >= 15 is 0 Å². The van der Waals surface area contributed by atoms with Gasteiger partial charge in [0.2, 0.25) is 0 Å². The Kier molecular flexibility index (Phi) is 5.18. The minimum absolute atomic E-state index is 0.000916. The molecule has 1 heterocycles. The molecule has 0 spiro atoms. The Labute approximate surface area is 177 Å². The monoisotopic (exact) mass is 426 g/mol. The van der Waals surface area contributed by atoms with Gasteiger partial charge in [0, 0.05) is 35.4 Å². The van der Waals surface area contributed by atoms with Crippen LogP contribution in [0, 0.1) is 0 Å². The number of hydrogen-bond donors (Lipinski definition) is 4. The molecule has 1 aliphatic heterocycles. The van der Waals surface area contributed by atoms with Crippen LogP contribution in [0.4, 0.5) is 0 Å². The number of aromatic hydroxyl groups is 4. The van der Waals surface area contributed by atoms with Crippen molar-refractivity contribution in [1.29, 1.82) is 0 Å². The van der Waals surface area contributed by atoms with Crippen molar-refractivity contribution in [2.75, 3.05) is 6.61 Å². The molecule has 0 bridgehead atoms. The molecule has 3 aromatic rings. The molecule has 0 amide bonds. The largest absolute Gasteiger partial charge is 0.508 e. The molecule has 30 heavy (non-hydrogen) atoms. The van der Waals surface area contributed by atoms with Gasteiger partial charge in [0.25, 0.3) is 0 Å². The minimum atomic E-state index is -0.382. The Bertz CT molecular complexity index is 1150. The van der Waals surface area contributed by atoms with E-state index in [0.29, 0.717) is 16.1 Å². The molecule has 6 nitrogen and oxygen atoms in total. The van der Waals surface area contributed by atoms with Crippen molar-refractivity contribution >= 4 is 17.4 Å². The lowest BCUT2D eigenvalue weighted by Gasteiger charge is -2.24.